The highest BCUT2D eigenvalue weighted by atomic mass is 16.5. The van der Waals surface area contributed by atoms with Gasteiger partial charge >= 0.3 is 5.97 Å². The predicted octanol–water partition coefficient (Wildman–Crippen LogP) is 1.28. The van der Waals surface area contributed by atoms with Crippen molar-refractivity contribution in [3.8, 4) is 0 Å². The maximum atomic E-state index is 10.4. The van der Waals surface area contributed by atoms with Gasteiger partial charge in [-0.15, -0.1) is 0 Å². The topological polar surface area (TPSA) is 76.2 Å². The summed E-state index contributed by atoms with van der Waals surface area (Å²) in [4.78, 5) is 14.2. The minimum Gasteiger partial charge on any atom is -0.475 e. The van der Waals surface area contributed by atoms with Crippen molar-refractivity contribution < 1.29 is 14.4 Å². The van der Waals surface area contributed by atoms with Gasteiger partial charge < -0.3 is 9.63 Å². The lowest BCUT2D eigenvalue weighted by molar-refractivity contribution is 0.0680. The van der Waals surface area contributed by atoms with E-state index in [0.717, 1.165) is 6.42 Å². The average Bonchev–Trinajstić information content (AvgIpc) is 2.50. The Morgan fingerprint density at radius 1 is 1.69 bits per heavy atom. The Morgan fingerprint density at radius 3 is 2.69 bits per heavy atom. The fraction of sp³-hybridized carbons (Fsp3) is 0.625. The van der Waals surface area contributed by atoms with Crippen LogP contribution in [0.4, 0.5) is 0 Å². The fourth-order valence-electron chi connectivity index (χ4n) is 1.35. The van der Waals surface area contributed by atoms with Crippen LogP contribution in [0.1, 0.15) is 42.7 Å². The zero-order chi connectivity index (χ0) is 9.64. The second kappa shape index (κ2) is 2.31. The molecule has 1 fully saturated rings. The van der Waals surface area contributed by atoms with E-state index in [4.69, 9.17) is 9.63 Å². The molecule has 1 saturated carbocycles. The van der Waals surface area contributed by atoms with Crippen LogP contribution in [0.2, 0.25) is 0 Å². The monoisotopic (exact) mass is 182 g/mol. The van der Waals surface area contributed by atoms with E-state index in [1.807, 2.05) is 0 Å². The van der Waals surface area contributed by atoms with Crippen LogP contribution in [0.15, 0.2) is 4.52 Å². The van der Waals surface area contributed by atoms with Gasteiger partial charge in [-0.05, 0) is 17.0 Å². The summed E-state index contributed by atoms with van der Waals surface area (Å²) in [7, 11) is 0. The summed E-state index contributed by atoms with van der Waals surface area (Å²) in [6.07, 6.45) is 0.980. The molecule has 1 aromatic rings. The third kappa shape index (κ3) is 1.30. The lowest BCUT2D eigenvalue weighted by Crippen LogP contribution is -1.99. The second-order valence-electron chi connectivity index (χ2n) is 4.01. The van der Waals surface area contributed by atoms with Gasteiger partial charge in [0.25, 0.3) is 5.82 Å². The van der Waals surface area contributed by atoms with Crippen LogP contribution in [-0.4, -0.2) is 21.2 Å². The zero-order valence-corrected chi connectivity index (χ0v) is 7.44. The summed E-state index contributed by atoms with van der Waals surface area (Å²) < 4.78 is 4.84. The van der Waals surface area contributed by atoms with E-state index in [0.29, 0.717) is 5.89 Å². The van der Waals surface area contributed by atoms with Crippen LogP contribution in [0.5, 0.6) is 0 Å². The van der Waals surface area contributed by atoms with Crippen molar-refractivity contribution in [1.29, 1.82) is 0 Å². The van der Waals surface area contributed by atoms with E-state index in [-0.39, 0.29) is 17.2 Å². The molecule has 1 atom stereocenters. The highest BCUT2D eigenvalue weighted by molar-refractivity contribution is 5.82. The highest BCUT2D eigenvalue weighted by Crippen LogP contribution is 2.57. The summed E-state index contributed by atoms with van der Waals surface area (Å²) in [5.41, 5.74) is 0.183. The first-order chi connectivity index (χ1) is 6.00. The van der Waals surface area contributed by atoms with Crippen molar-refractivity contribution in [3.05, 3.63) is 11.7 Å². The Kier molecular flexibility index (Phi) is 1.46. The third-order valence-corrected chi connectivity index (χ3v) is 2.44. The number of hydrogen-bond donors (Lipinski definition) is 1. The van der Waals surface area contributed by atoms with Crippen LogP contribution in [0.3, 0.4) is 0 Å². The molecule has 0 amide bonds. The van der Waals surface area contributed by atoms with Crippen LogP contribution < -0.4 is 0 Å². The van der Waals surface area contributed by atoms with E-state index < -0.39 is 5.97 Å². The number of aromatic carboxylic acids is 1. The van der Waals surface area contributed by atoms with Gasteiger partial charge in [0.15, 0.2) is 0 Å². The quantitative estimate of drug-likeness (QED) is 0.745. The molecular formula is C8H10N2O3. The van der Waals surface area contributed by atoms with E-state index >= 15 is 0 Å². The molecule has 1 N–H and O–H groups in total. The molecule has 1 aliphatic carbocycles. The molecule has 13 heavy (non-hydrogen) atoms. The summed E-state index contributed by atoms with van der Waals surface area (Å²) >= 11 is 0. The van der Waals surface area contributed by atoms with Crippen LogP contribution in [0, 0.1) is 5.41 Å². The standard InChI is InChI=1S/C8H10N2O3/c1-8(2)3-4(8)6-9-5(7(11)12)10-13-6/h4H,3H2,1-2H3,(H,11,12). The Balaban J connectivity index is 2.20. The van der Waals surface area contributed by atoms with Gasteiger partial charge in [-0.2, -0.15) is 4.98 Å². The van der Waals surface area contributed by atoms with Gasteiger partial charge in [0.1, 0.15) is 0 Å². The van der Waals surface area contributed by atoms with Crippen molar-refractivity contribution in [2.75, 3.05) is 0 Å². The zero-order valence-electron chi connectivity index (χ0n) is 7.44. The number of carbonyl (C=O) groups is 1. The Bertz CT molecular complexity index is 356. The summed E-state index contributed by atoms with van der Waals surface area (Å²) in [6, 6.07) is 0. The predicted molar refractivity (Wildman–Crippen MR) is 42.4 cm³/mol. The first kappa shape index (κ1) is 8.22. The lowest BCUT2D eigenvalue weighted by Gasteiger charge is -1.95. The van der Waals surface area contributed by atoms with E-state index in [9.17, 15) is 4.79 Å². The van der Waals surface area contributed by atoms with E-state index in [1.165, 1.54) is 0 Å². The van der Waals surface area contributed by atoms with E-state index in [2.05, 4.69) is 24.0 Å². The number of carboxylic acid groups (broad SMARTS) is 1. The molecule has 0 radical (unpaired) electrons. The van der Waals surface area contributed by atoms with Gasteiger partial charge in [-0.25, -0.2) is 4.79 Å². The van der Waals surface area contributed by atoms with Crippen LogP contribution >= 0.6 is 0 Å². The van der Waals surface area contributed by atoms with Gasteiger partial charge in [0, 0.05) is 5.92 Å². The van der Waals surface area contributed by atoms with Crippen molar-refractivity contribution in [1.82, 2.24) is 10.1 Å². The van der Waals surface area contributed by atoms with Crippen LogP contribution in [-0.2, 0) is 0 Å². The lowest BCUT2D eigenvalue weighted by atomic mass is 10.1. The van der Waals surface area contributed by atoms with Gasteiger partial charge in [0.05, 0.1) is 0 Å². The molecule has 0 aliphatic heterocycles. The fourth-order valence-corrected chi connectivity index (χ4v) is 1.35. The number of hydrogen-bond acceptors (Lipinski definition) is 4. The normalized spacial score (nSPS) is 24.3. The molecule has 0 bridgehead atoms. The molecule has 1 unspecified atom stereocenters. The first-order valence-electron chi connectivity index (χ1n) is 4.07. The molecule has 5 heteroatoms. The maximum Gasteiger partial charge on any atom is 0.377 e. The second-order valence-corrected chi connectivity index (χ2v) is 4.01. The minimum atomic E-state index is -1.14. The van der Waals surface area contributed by atoms with Crippen molar-refractivity contribution >= 4 is 5.97 Å². The Labute approximate surface area is 74.8 Å². The molecule has 0 spiro atoms. The molecule has 0 saturated heterocycles. The first-order valence-corrected chi connectivity index (χ1v) is 4.07. The van der Waals surface area contributed by atoms with Crippen molar-refractivity contribution in [2.24, 2.45) is 5.41 Å². The molecule has 1 aliphatic rings. The van der Waals surface area contributed by atoms with Gasteiger partial charge in [-0.1, -0.05) is 13.8 Å². The molecule has 70 valence electrons. The molecule has 2 rings (SSSR count). The smallest absolute Gasteiger partial charge is 0.377 e. The number of rotatable bonds is 2. The Morgan fingerprint density at radius 2 is 2.31 bits per heavy atom. The Hall–Kier alpha value is -1.39. The molecule has 0 aromatic carbocycles. The summed E-state index contributed by atoms with van der Waals surface area (Å²) in [5, 5.41) is 11.9. The minimum absolute atomic E-state index is 0.183. The number of aromatic nitrogens is 2. The molecule has 1 heterocycles. The third-order valence-electron chi connectivity index (χ3n) is 2.44. The van der Waals surface area contributed by atoms with Crippen molar-refractivity contribution in [3.63, 3.8) is 0 Å². The van der Waals surface area contributed by atoms with Crippen LogP contribution in [0.25, 0.3) is 0 Å². The molecular weight excluding hydrogens is 172 g/mol. The molecule has 5 nitrogen and oxygen atoms in total. The summed E-state index contributed by atoms with van der Waals surface area (Å²) in [6.45, 7) is 4.17. The maximum absolute atomic E-state index is 10.4. The van der Waals surface area contributed by atoms with E-state index in [1.54, 1.807) is 0 Å². The SMILES string of the molecule is CC1(C)CC1c1nc(C(=O)O)no1. The largest absolute Gasteiger partial charge is 0.475 e. The van der Waals surface area contributed by atoms with Gasteiger partial charge in [-0.3, -0.25) is 0 Å². The molecule has 1 aromatic heterocycles. The van der Waals surface area contributed by atoms with Gasteiger partial charge in [0.2, 0.25) is 5.89 Å². The number of nitrogens with zero attached hydrogens (tertiary/aromatic N) is 2. The number of carboxylic acids is 1. The average molecular weight is 182 g/mol. The summed E-state index contributed by atoms with van der Waals surface area (Å²) in [5.74, 6) is -0.721. The highest BCUT2D eigenvalue weighted by Gasteiger charge is 2.50. The van der Waals surface area contributed by atoms with Crippen molar-refractivity contribution in [2.45, 2.75) is 26.2 Å².